The van der Waals surface area contributed by atoms with E-state index in [1.54, 1.807) is 6.20 Å². The highest BCUT2D eigenvalue weighted by Gasteiger charge is 2.06. The summed E-state index contributed by atoms with van der Waals surface area (Å²) >= 11 is 3.38. The number of hydrogen-bond donors (Lipinski definition) is 1. The Bertz CT molecular complexity index is 490. The number of rotatable bonds is 5. The standard InChI is InChI=1S/C12H17BrN4/c1-3-9(4-2)14-5-10-6-16-12-7-15-11(13)8-17(10)12/h6-9,14H,3-5H2,1-2H3. The van der Waals surface area contributed by atoms with Crippen molar-refractivity contribution in [1.82, 2.24) is 19.7 Å². The second-order valence-electron chi connectivity index (χ2n) is 4.08. The van der Waals surface area contributed by atoms with Crippen molar-refractivity contribution in [3.05, 3.63) is 28.9 Å². The van der Waals surface area contributed by atoms with Gasteiger partial charge in [-0.05, 0) is 28.8 Å². The van der Waals surface area contributed by atoms with Crippen molar-refractivity contribution in [1.29, 1.82) is 0 Å². The summed E-state index contributed by atoms with van der Waals surface area (Å²) in [6, 6.07) is 0.575. The van der Waals surface area contributed by atoms with Crippen LogP contribution in [0.15, 0.2) is 23.2 Å². The summed E-state index contributed by atoms with van der Waals surface area (Å²) in [5, 5.41) is 3.54. The Labute approximate surface area is 110 Å². The zero-order valence-electron chi connectivity index (χ0n) is 10.2. The SMILES string of the molecule is CCC(CC)NCc1cnc2cnc(Br)cn12. The van der Waals surface area contributed by atoms with E-state index in [-0.39, 0.29) is 0 Å². The summed E-state index contributed by atoms with van der Waals surface area (Å²) in [5.41, 5.74) is 2.05. The monoisotopic (exact) mass is 296 g/mol. The number of imidazole rings is 1. The molecule has 2 aromatic rings. The summed E-state index contributed by atoms with van der Waals surface area (Å²) < 4.78 is 2.89. The Morgan fingerprint density at radius 2 is 2.06 bits per heavy atom. The molecule has 17 heavy (non-hydrogen) atoms. The van der Waals surface area contributed by atoms with Gasteiger partial charge in [-0.2, -0.15) is 0 Å². The zero-order chi connectivity index (χ0) is 12.3. The first-order chi connectivity index (χ1) is 8.24. The summed E-state index contributed by atoms with van der Waals surface area (Å²) in [4.78, 5) is 8.49. The lowest BCUT2D eigenvalue weighted by Crippen LogP contribution is -2.27. The Kier molecular flexibility index (Phi) is 4.12. The molecule has 0 bridgehead atoms. The van der Waals surface area contributed by atoms with Crippen LogP contribution in [-0.4, -0.2) is 20.4 Å². The first-order valence-electron chi connectivity index (χ1n) is 5.95. The highest BCUT2D eigenvalue weighted by molar-refractivity contribution is 9.10. The fourth-order valence-corrected chi connectivity index (χ4v) is 2.18. The van der Waals surface area contributed by atoms with Crippen LogP contribution in [0.5, 0.6) is 0 Å². The van der Waals surface area contributed by atoms with Crippen LogP contribution >= 0.6 is 15.9 Å². The second kappa shape index (κ2) is 5.60. The van der Waals surface area contributed by atoms with Gasteiger partial charge in [-0.1, -0.05) is 13.8 Å². The van der Waals surface area contributed by atoms with Gasteiger partial charge in [0.2, 0.25) is 0 Å². The Balaban J connectivity index is 2.16. The molecular formula is C12H17BrN4. The second-order valence-corrected chi connectivity index (χ2v) is 4.89. The molecule has 0 fully saturated rings. The van der Waals surface area contributed by atoms with Crippen LogP contribution in [0.1, 0.15) is 32.4 Å². The van der Waals surface area contributed by atoms with Gasteiger partial charge >= 0.3 is 0 Å². The van der Waals surface area contributed by atoms with Crippen molar-refractivity contribution in [3.63, 3.8) is 0 Å². The van der Waals surface area contributed by atoms with Crippen molar-refractivity contribution in [3.8, 4) is 0 Å². The molecule has 0 atom stereocenters. The Morgan fingerprint density at radius 1 is 1.29 bits per heavy atom. The molecule has 5 heteroatoms. The van der Waals surface area contributed by atoms with E-state index in [0.29, 0.717) is 6.04 Å². The van der Waals surface area contributed by atoms with Gasteiger partial charge in [0.15, 0.2) is 5.65 Å². The quantitative estimate of drug-likeness (QED) is 0.922. The third-order valence-corrected chi connectivity index (χ3v) is 3.41. The van der Waals surface area contributed by atoms with Gasteiger partial charge in [0.05, 0.1) is 18.1 Å². The number of fused-ring (bicyclic) bond motifs is 1. The molecule has 0 unspecified atom stereocenters. The van der Waals surface area contributed by atoms with Gasteiger partial charge in [-0.15, -0.1) is 0 Å². The molecular weight excluding hydrogens is 280 g/mol. The van der Waals surface area contributed by atoms with Crippen LogP contribution < -0.4 is 5.32 Å². The van der Waals surface area contributed by atoms with E-state index >= 15 is 0 Å². The minimum atomic E-state index is 0.575. The van der Waals surface area contributed by atoms with Gasteiger partial charge in [0, 0.05) is 18.8 Å². The maximum atomic E-state index is 4.33. The molecule has 0 amide bonds. The van der Waals surface area contributed by atoms with E-state index in [1.165, 1.54) is 0 Å². The van der Waals surface area contributed by atoms with Crippen molar-refractivity contribution in [2.75, 3.05) is 0 Å². The third kappa shape index (κ3) is 2.84. The molecule has 1 N–H and O–H groups in total. The number of nitrogens with one attached hydrogen (secondary N) is 1. The van der Waals surface area contributed by atoms with Gasteiger partial charge in [-0.25, -0.2) is 9.97 Å². The molecule has 92 valence electrons. The molecule has 4 nitrogen and oxygen atoms in total. The summed E-state index contributed by atoms with van der Waals surface area (Å²) in [5.74, 6) is 0. The molecule has 0 saturated carbocycles. The van der Waals surface area contributed by atoms with E-state index < -0.39 is 0 Å². The minimum absolute atomic E-state index is 0.575. The topological polar surface area (TPSA) is 42.2 Å². The molecule has 2 rings (SSSR count). The molecule has 0 saturated heterocycles. The van der Waals surface area contributed by atoms with E-state index in [9.17, 15) is 0 Å². The van der Waals surface area contributed by atoms with Crippen molar-refractivity contribution in [2.24, 2.45) is 0 Å². The highest BCUT2D eigenvalue weighted by atomic mass is 79.9. The molecule has 2 aromatic heterocycles. The molecule has 2 heterocycles. The number of nitrogens with zero attached hydrogens (tertiary/aromatic N) is 3. The maximum Gasteiger partial charge on any atom is 0.155 e. The van der Waals surface area contributed by atoms with Crippen LogP contribution in [0.2, 0.25) is 0 Å². The molecule has 0 aromatic carbocycles. The normalized spacial score (nSPS) is 11.5. The van der Waals surface area contributed by atoms with Crippen LogP contribution in [0.4, 0.5) is 0 Å². The van der Waals surface area contributed by atoms with Crippen molar-refractivity contribution >= 4 is 21.6 Å². The summed E-state index contributed by atoms with van der Waals surface area (Å²) in [6.45, 7) is 5.25. The summed E-state index contributed by atoms with van der Waals surface area (Å²) in [6.07, 6.45) is 7.92. The lowest BCUT2D eigenvalue weighted by molar-refractivity contribution is 0.479. The first kappa shape index (κ1) is 12.5. The zero-order valence-corrected chi connectivity index (χ0v) is 11.7. The average Bonchev–Trinajstić information content (AvgIpc) is 2.73. The number of halogens is 1. The lowest BCUT2D eigenvalue weighted by Gasteiger charge is -2.14. The van der Waals surface area contributed by atoms with E-state index in [4.69, 9.17) is 0 Å². The fraction of sp³-hybridized carbons (Fsp3) is 0.500. The Hall–Kier alpha value is -0.940. The van der Waals surface area contributed by atoms with Gasteiger partial charge in [0.25, 0.3) is 0 Å². The highest BCUT2D eigenvalue weighted by Crippen LogP contribution is 2.11. The van der Waals surface area contributed by atoms with E-state index in [2.05, 4.69) is 49.5 Å². The van der Waals surface area contributed by atoms with E-state index in [1.807, 2.05) is 12.4 Å². The first-order valence-corrected chi connectivity index (χ1v) is 6.74. The van der Waals surface area contributed by atoms with Gasteiger partial charge in [0.1, 0.15) is 4.60 Å². The smallest absolute Gasteiger partial charge is 0.155 e. The predicted octanol–water partition coefficient (Wildman–Crippen LogP) is 2.77. The van der Waals surface area contributed by atoms with Gasteiger partial charge < -0.3 is 5.32 Å². The molecule has 0 spiro atoms. The van der Waals surface area contributed by atoms with Crippen molar-refractivity contribution in [2.45, 2.75) is 39.3 Å². The summed E-state index contributed by atoms with van der Waals surface area (Å²) in [7, 11) is 0. The van der Waals surface area contributed by atoms with E-state index in [0.717, 1.165) is 35.3 Å². The van der Waals surface area contributed by atoms with Crippen molar-refractivity contribution < 1.29 is 0 Å². The number of hydrogen-bond acceptors (Lipinski definition) is 3. The Morgan fingerprint density at radius 3 is 2.76 bits per heavy atom. The lowest BCUT2D eigenvalue weighted by atomic mass is 10.2. The fourth-order valence-electron chi connectivity index (χ4n) is 1.87. The molecule has 0 aliphatic carbocycles. The van der Waals surface area contributed by atoms with Gasteiger partial charge in [-0.3, -0.25) is 4.40 Å². The van der Waals surface area contributed by atoms with Crippen LogP contribution in [-0.2, 0) is 6.54 Å². The van der Waals surface area contributed by atoms with Crippen LogP contribution in [0, 0.1) is 0 Å². The molecule has 0 aliphatic rings. The molecule has 0 aliphatic heterocycles. The maximum absolute atomic E-state index is 4.33. The predicted molar refractivity (Wildman–Crippen MR) is 71.9 cm³/mol. The third-order valence-electron chi connectivity index (χ3n) is 3.00. The minimum Gasteiger partial charge on any atom is -0.308 e. The van der Waals surface area contributed by atoms with Crippen LogP contribution in [0.3, 0.4) is 0 Å². The largest absolute Gasteiger partial charge is 0.308 e. The number of aromatic nitrogens is 3. The molecule has 0 radical (unpaired) electrons. The average molecular weight is 297 g/mol. The van der Waals surface area contributed by atoms with Crippen LogP contribution in [0.25, 0.3) is 5.65 Å².